The van der Waals surface area contributed by atoms with E-state index in [1.807, 2.05) is 0 Å². The number of aromatic nitrogens is 3. The van der Waals surface area contributed by atoms with Gasteiger partial charge >= 0.3 is 0 Å². The fraction of sp³-hybridized carbons (Fsp3) is 0.200. The molecule has 0 saturated heterocycles. The van der Waals surface area contributed by atoms with Gasteiger partial charge in [0.25, 0.3) is 9.05 Å². The molecule has 6 nitrogen and oxygen atoms in total. The first-order valence-corrected chi connectivity index (χ1v) is 7.49. The summed E-state index contributed by atoms with van der Waals surface area (Å²) in [5.74, 6) is -2.72. The summed E-state index contributed by atoms with van der Waals surface area (Å²) in [5.41, 5.74) is 0. The fourth-order valence-electron chi connectivity index (χ4n) is 1.40. The van der Waals surface area contributed by atoms with E-state index in [1.54, 1.807) is 7.05 Å². The smallest absolute Gasteiger partial charge is 0.261 e. The third-order valence-electron chi connectivity index (χ3n) is 2.40. The quantitative estimate of drug-likeness (QED) is 0.799. The van der Waals surface area contributed by atoms with Gasteiger partial charge in [-0.25, -0.2) is 22.2 Å². The number of hydrogen-bond acceptors (Lipinski definition) is 5. The summed E-state index contributed by atoms with van der Waals surface area (Å²) in [5, 5.41) is 3.76. The zero-order valence-electron chi connectivity index (χ0n) is 10.0. The van der Waals surface area contributed by atoms with Gasteiger partial charge in [0.2, 0.25) is 0 Å². The van der Waals surface area contributed by atoms with Crippen LogP contribution in [0.15, 0.2) is 23.4 Å². The largest absolute Gasteiger partial charge is 0.479 e. The van der Waals surface area contributed by atoms with Gasteiger partial charge in [-0.15, -0.1) is 0 Å². The van der Waals surface area contributed by atoms with Gasteiger partial charge in [-0.1, -0.05) is 0 Å². The van der Waals surface area contributed by atoms with Gasteiger partial charge in [-0.05, 0) is 12.1 Å². The van der Waals surface area contributed by atoms with E-state index in [1.165, 1.54) is 11.0 Å². The average molecular weight is 324 g/mol. The molecule has 0 aliphatic heterocycles. The molecule has 10 heteroatoms. The number of benzene rings is 1. The minimum Gasteiger partial charge on any atom is -0.479 e. The van der Waals surface area contributed by atoms with Crippen LogP contribution in [0.5, 0.6) is 5.75 Å². The zero-order chi connectivity index (χ0) is 14.9. The van der Waals surface area contributed by atoms with E-state index >= 15 is 0 Å². The van der Waals surface area contributed by atoms with Crippen LogP contribution in [0.1, 0.15) is 5.82 Å². The first-order chi connectivity index (χ1) is 9.29. The molecule has 1 heterocycles. The summed E-state index contributed by atoms with van der Waals surface area (Å²) in [4.78, 5) is 3.13. The van der Waals surface area contributed by atoms with Crippen LogP contribution >= 0.6 is 10.7 Å². The molecule has 0 bridgehead atoms. The summed E-state index contributed by atoms with van der Waals surface area (Å²) in [6.07, 6.45) is 1.26. The van der Waals surface area contributed by atoms with E-state index in [0.29, 0.717) is 18.0 Å². The van der Waals surface area contributed by atoms with Crippen LogP contribution in [-0.2, 0) is 22.7 Å². The molecule has 0 N–H and O–H groups in total. The molecule has 0 aliphatic carbocycles. The van der Waals surface area contributed by atoms with Gasteiger partial charge in [-0.2, -0.15) is 5.10 Å². The van der Waals surface area contributed by atoms with Crippen molar-refractivity contribution in [2.75, 3.05) is 0 Å². The minimum absolute atomic E-state index is 0.225. The van der Waals surface area contributed by atoms with Crippen LogP contribution in [-0.4, -0.2) is 23.2 Å². The Labute approximate surface area is 117 Å². The van der Waals surface area contributed by atoms with Gasteiger partial charge < -0.3 is 4.74 Å². The van der Waals surface area contributed by atoms with Crippen LogP contribution in [0.2, 0.25) is 0 Å². The SMILES string of the molecule is Cn1ncnc1COc1c(F)cc(S(=O)(=O)Cl)cc1F. The molecule has 0 saturated carbocycles. The summed E-state index contributed by atoms with van der Waals surface area (Å²) < 4.78 is 55.6. The van der Waals surface area contributed by atoms with Crippen molar-refractivity contribution in [1.29, 1.82) is 0 Å². The van der Waals surface area contributed by atoms with E-state index in [9.17, 15) is 17.2 Å². The first kappa shape index (κ1) is 14.7. The summed E-state index contributed by atoms with van der Waals surface area (Å²) in [7, 11) is 2.38. The number of ether oxygens (including phenoxy) is 1. The maximum absolute atomic E-state index is 13.6. The Balaban J connectivity index is 2.27. The molecule has 0 amide bonds. The Morgan fingerprint density at radius 2 is 1.95 bits per heavy atom. The van der Waals surface area contributed by atoms with E-state index in [0.717, 1.165) is 0 Å². The first-order valence-electron chi connectivity index (χ1n) is 5.18. The lowest BCUT2D eigenvalue weighted by molar-refractivity contribution is 0.260. The molecular weight excluding hydrogens is 316 g/mol. The van der Waals surface area contributed by atoms with Crippen molar-refractivity contribution in [3.8, 4) is 5.75 Å². The van der Waals surface area contributed by atoms with Gasteiger partial charge in [0.1, 0.15) is 12.9 Å². The summed E-state index contributed by atoms with van der Waals surface area (Å²) >= 11 is 0. The predicted octanol–water partition coefficient (Wildman–Crippen LogP) is 1.60. The molecule has 0 aliphatic rings. The van der Waals surface area contributed by atoms with Crippen molar-refractivity contribution in [3.63, 3.8) is 0 Å². The monoisotopic (exact) mass is 323 g/mol. The van der Waals surface area contributed by atoms with Crippen LogP contribution in [0, 0.1) is 11.6 Å². The number of nitrogens with zero attached hydrogens (tertiary/aromatic N) is 3. The van der Waals surface area contributed by atoms with Crippen LogP contribution < -0.4 is 4.74 Å². The third-order valence-corrected chi connectivity index (χ3v) is 3.74. The minimum atomic E-state index is -4.22. The maximum atomic E-state index is 13.6. The number of aryl methyl sites for hydroxylation is 1. The van der Waals surface area contributed by atoms with Gasteiger partial charge in [-0.3, -0.25) is 4.68 Å². The molecule has 2 rings (SSSR count). The molecule has 2 aromatic rings. The van der Waals surface area contributed by atoms with Crippen molar-refractivity contribution >= 4 is 19.7 Å². The normalized spacial score (nSPS) is 11.6. The average Bonchev–Trinajstić information content (AvgIpc) is 2.72. The molecule has 108 valence electrons. The highest BCUT2D eigenvalue weighted by Crippen LogP contribution is 2.27. The highest BCUT2D eigenvalue weighted by molar-refractivity contribution is 8.13. The Morgan fingerprint density at radius 1 is 1.35 bits per heavy atom. The standard InChI is InChI=1S/C10H8ClF2N3O3S/c1-16-9(14-5-15-16)4-19-10-7(12)2-6(3-8(10)13)20(11,17)18/h2-3,5H,4H2,1H3. The topological polar surface area (TPSA) is 74.1 Å². The molecule has 0 fully saturated rings. The lowest BCUT2D eigenvalue weighted by Gasteiger charge is -2.08. The summed E-state index contributed by atoms with van der Waals surface area (Å²) in [6, 6.07) is 1.16. The zero-order valence-corrected chi connectivity index (χ0v) is 11.6. The maximum Gasteiger partial charge on any atom is 0.261 e. The number of halogens is 3. The molecule has 20 heavy (non-hydrogen) atoms. The lowest BCUT2D eigenvalue weighted by Crippen LogP contribution is -2.07. The van der Waals surface area contributed by atoms with Gasteiger partial charge in [0.05, 0.1) is 4.90 Å². The van der Waals surface area contributed by atoms with Crippen LogP contribution in [0.4, 0.5) is 8.78 Å². The number of hydrogen-bond donors (Lipinski definition) is 0. The number of rotatable bonds is 4. The van der Waals surface area contributed by atoms with Crippen molar-refractivity contribution in [2.45, 2.75) is 11.5 Å². The lowest BCUT2D eigenvalue weighted by atomic mass is 10.3. The predicted molar refractivity (Wildman–Crippen MR) is 64.7 cm³/mol. The summed E-state index contributed by atoms with van der Waals surface area (Å²) in [6.45, 7) is -0.225. The van der Waals surface area contributed by atoms with E-state index < -0.39 is 31.3 Å². The second-order valence-electron chi connectivity index (χ2n) is 3.74. The Hall–Kier alpha value is -1.74. The molecule has 1 aromatic carbocycles. The van der Waals surface area contributed by atoms with Crippen molar-refractivity contribution in [2.24, 2.45) is 7.05 Å². The van der Waals surface area contributed by atoms with Crippen molar-refractivity contribution in [1.82, 2.24) is 14.8 Å². The Bertz CT molecular complexity index is 725. The van der Waals surface area contributed by atoms with Crippen LogP contribution in [0.3, 0.4) is 0 Å². The molecular formula is C10H8ClF2N3O3S. The molecule has 1 aromatic heterocycles. The van der Waals surface area contributed by atoms with Gasteiger partial charge in [0, 0.05) is 17.7 Å². The van der Waals surface area contributed by atoms with Crippen molar-refractivity contribution < 1.29 is 21.9 Å². The Morgan fingerprint density at radius 3 is 2.40 bits per heavy atom. The molecule has 0 spiro atoms. The van der Waals surface area contributed by atoms with E-state index in [-0.39, 0.29) is 6.61 Å². The third kappa shape index (κ3) is 3.05. The highest BCUT2D eigenvalue weighted by Gasteiger charge is 2.19. The highest BCUT2D eigenvalue weighted by atomic mass is 35.7. The van der Waals surface area contributed by atoms with E-state index in [2.05, 4.69) is 10.1 Å². The van der Waals surface area contributed by atoms with E-state index in [4.69, 9.17) is 15.4 Å². The Kier molecular flexibility index (Phi) is 3.91. The van der Waals surface area contributed by atoms with Crippen molar-refractivity contribution in [3.05, 3.63) is 35.9 Å². The second kappa shape index (κ2) is 5.33. The molecule has 0 radical (unpaired) electrons. The molecule has 0 atom stereocenters. The van der Waals surface area contributed by atoms with Crippen LogP contribution in [0.25, 0.3) is 0 Å². The molecule has 0 unspecified atom stereocenters. The fourth-order valence-corrected chi connectivity index (χ4v) is 2.16. The van der Waals surface area contributed by atoms with Gasteiger partial charge in [0.15, 0.2) is 23.2 Å². The second-order valence-corrected chi connectivity index (χ2v) is 6.31.